The van der Waals surface area contributed by atoms with Gasteiger partial charge in [0, 0.05) is 21.7 Å². The standard InChI is InChI=1S/C24H17ClN4O/c25-18-9-7-17(8-10-18)23-15-26-24(30-23)27-19-11-13-22-20(14-19)21(28-29-22)12-6-16-4-2-1-3-5-16/h1-15H,(H,26,27)(H,28,29). The van der Waals surface area contributed by atoms with Crippen LogP contribution < -0.4 is 5.32 Å². The average molecular weight is 413 g/mol. The second-order valence-corrected chi connectivity index (χ2v) is 7.21. The Hall–Kier alpha value is -3.83. The monoisotopic (exact) mass is 412 g/mol. The SMILES string of the molecule is Clc1ccc(-c2cnc(Nc3ccc4[nH]nc(C=Cc5ccccc5)c4c3)o2)cc1. The minimum absolute atomic E-state index is 0.421. The number of nitrogens with zero attached hydrogens (tertiary/aromatic N) is 2. The van der Waals surface area contributed by atoms with Crippen molar-refractivity contribution >= 4 is 46.4 Å². The molecule has 0 aliphatic rings. The van der Waals surface area contributed by atoms with Crippen molar-refractivity contribution in [3.05, 3.63) is 95.3 Å². The van der Waals surface area contributed by atoms with Crippen LogP contribution in [0.2, 0.25) is 5.02 Å². The summed E-state index contributed by atoms with van der Waals surface area (Å²) in [5, 5.41) is 12.4. The van der Waals surface area contributed by atoms with Gasteiger partial charge in [0.15, 0.2) is 5.76 Å². The fraction of sp³-hybridized carbons (Fsp3) is 0. The van der Waals surface area contributed by atoms with Crippen LogP contribution in [0.1, 0.15) is 11.3 Å². The first-order valence-corrected chi connectivity index (χ1v) is 9.82. The molecule has 5 rings (SSSR count). The first-order valence-electron chi connectivity index (χ1n) is 9.45. The molecule has 5 nitrogen and oxygen atoms in total. The summed E-state index contributed by atoms with van der Waals surface area (Å²) < 4.78 is 5.84. The van der Waals surface area contributed by atoms with Gasteiger partial charge in [-0.25, -0.2) is 4.98 Å². The molecule has 0 radical (unpaired) electrons. The topological polar surface area (TPSA) is 66.7 Å². The summed E-state index contributed by atoms with van der Waals surface area (Å²) in [5.74, 6) is 0.671. The molecule has 3 aromatic carbocycles. The predicted octanol–water partition coefficient (Wildman–Crippen LogP) is 6.79. The molecule has 6 heteroatoms. The summed E-state index contributed by atoms with van der Waals surface area (Å²) in [6, 6.07) is 24.0. The van der Waals surface area contributed by atoms with Gasteiger partial charge in [-0.2, -0.15) is 5.10 Å². The highest BCUT2D eigenvalue weighted by molar-refractivity contribution is 6.30. The molecular formula is C24H17ClN4O. The summed E-state index contributed by atoms with van der Waals surface area (Å²) in [4.78, 5) is 4.33. The van der Waals surface area contributed by atoms with Gasteiger partial charge in [-0.3, -0.25) is 5.10 Å². The number of fused-ring (bicyclic) bond motifs is 1. The molecule has 0 fully saturated rings. The molecule has 0 saturated carbocycles. The zero-order chi connectivity index (χ0) is 20.3. The van der Waals surface area contributed by atoms with E-state index in [9.17, 15) is 0 Å². The average Bonchev–Trinajstić information content (AvgIpc) is 3.40. The number of rotatable bonds is 5. The number of nitrogens with one attached hydrogen (secondary N) is 2. The van der Waals surface area contributed by atoms with E-state index >= 15 is 0 Å². The van der Waals surface area contributed by atoms with Crippen molar-refractivity contribution in [2.45, 2.75) is 0 Å². The van der Waals surface area contributed by atoms with E-state index in [4.69, 9.17) is 16.0 Å². The van der Waals surface area contributed by atoms with Gasteiger partial charge in [-0.05, 0) is 54.1 Å². The molecule has 30 heavy (non-hydrogen) atoms. The zero-order valence-electron chi connectivity index (χ0n) is 15.8. The van der Waals surface area contributed by atoms with E-state index in [-0.39, 0.29) is 0 Å². The molecule has 2 N–H and O–H groups in total. The number of hydrogen-bond acceptors (Lipinski definition) is 4. The lowest BCUT2D eigenvalue weighted by atomic mass is 10.1. The van der Waals surface area contributed by atoms with Gasteiger partial charge in [0.1, 0.15) is 0 Å². The molecule has 0 atom stereocenters. The summed E-state index contributed by atoms with van der Waals surface area (Å²) in [6.07, 6.45) is 5.74. The first-order chi connectivity index (χ1) is 14.7. The van der Waals surface area contributed by atoms with E-state index in [1.54, 1.807) is 6.20 Å². The number of hydrogen-bond donors (Lipinski definition) is 2. The third kappa shape index (κ3) is 3.83. The van der Waals surface area contributed by atoms with Crippen molar-refractivity contribution in [2.24, 2.45) is 0 Å². The van der Waals surface area contributed by atoms with Gasteiger partial charge >= 0.3 is 0 Å². The number of anilines is 2. The van der Waals surface area contributed by atoms with Crippen molar-refractivity contribution in [1.82, 2.24) is 15.2 Å². The molecule has 0 amide bonds. The number of oxazole rings is 1. The molecular weight excluding hydrogens is 396 g/mol. The van der Waals surface area contributed by atoms with Crippen LogP contribution in [0.15, 0.2) is 83.4 Å². The molecule has 0 bridgehead atoms. The highest BCUT2D eigenvalue weighted by atomic mass is 35.5. The summed E-state index contributed by atoms with van der Waals surface area (Å²) in [5.41, 5.74) is 4.73. The number of halogens is 1. The normalized spacial score (nSPS) is 11.4. The fourth-order valence-electron chi connectivity index (χ4n) is 3.18. The predicted molar refractivity (Wildman–Crippen MR) is 122 cm³/mol. The largest absolute Gasteiger partial charge is 0.423 e. The summed E-state index contributed by atoms with van der Waals surface area (Å²) in [6.45, 7) is 0. The highest BCUT2D eigenvalue weighted by Gasteiger charge is 2.09. The van der Waals surface area contributed by atoms with Crippen LogP contribution in [0, 0.1) is 0 Å². The summed E-state index contributed by atoms with van der Waals surface area (Å²) >= 11 is 5.95. The maximum absolute atomic E-state index is 5.95. The van der Waals surface area contributed by atoms with Gasteiger partial charge in [-0.15, -0.1) is 0 Å². The van der Waals surface area contributed by atoms with E-state index in [2.05, 4.69) is 32.6 Å². The Labute approximate surface area is 178 Å². The minimum Gasteiger partial charge on any atom is -0.423 e. The molecule has 0 spiro atoms. The van der Waals surface area contributed by atoms with Crippen molar-refractivity contribution < 1.29 is 4.42 Å². The number of benzene rings is 3. The number of aromatic nitrogens is 3. The van der Waals surface area contributed by atoms with Crippen LogP contribution in [0.5, 0.6) is 0 Å². The van der Waals surface area contributed by atoms with Crippen LogP contribution in [0.25, 0.3) is 34.4 Å². The first kappa shape index (κ1) is 18.2. The van der Waals surface area contributed by atoms with Crippen LogP contribution in [-0.4, -0.2) is 15.2 Å². The second kappa shape index (κ2) is 7.89. The maximum atomic E-state index is 5.95. The van der Waals surface area contributed by atoms with Crippen molar-refractivity contribution in [3.63, 3.8) is 0 Å². The van der Waals surface area contributed by atoms with E-state index in [0.717, 1.165) is 33.4 Å². The van der Waals surface area contributed by atoms with Crippen LogP contribution >= 0.6 is 11.6 Å². The Morgan fingerprint density at radius 2 is 1.77 bits per heavy atom. The van der Waals surface area contributed by atoms with Crippen molar-refractivity contribution in [3.8, 4) is 11.3 Å². The molecule has 0 unspecified atom stereocenters. The Balaban J connectivity index is 1.39. The van der Waals surface area contributed by atoms with Gasteiger partial charge < -0.3 is 9.73 Å². The van der Waals surface area contributed by atoms with Gasteiger partial charge in [-0.1, -0.05) is 48.0 Å². The van der Waals surface area contributed by atoms with E-state index < -0.39 is 0 Å². The molecule has 2 aromatic heterocycles. The molecule has 2 heterocycles. The van der Waals surface area contributed by atoms with Crippen LogP contribution in [-0.2, 0) is 0 Å². The van der Waals surface area contributed by atoms with E-state index in [1.165, 1.54) is 0 Å². The summed E-state index contributed by atoms with van der Waals surface area (Å²) in [7, 11) is 0. The Morgan fingerprint density at radius 3 is 2.60 bits per heavy atom. The molecule has 146 valence electrons. The highest BCUT2D eigenvalue weighted by Crippen LogP contribution is 2.28. The lowest BCUT2D eigenvalue weighted by Crippen LogP contribution is -1.89. The second-order valence-electron chi connectivity index (χ2n) is 6.77. The number of H-pyrrole nitrogens is 1. The van der Waals surface area contributed by atoms with Gasteiger partial charge in [0.2, 0.25) is 0 Å². The van der Waals surface area contributed by atoms with Crippen LogP contribution in [0.3, 0.4) is 0 Å². The molecule has 0 aliphatic carbocycles. The van der Waals surface area contributed by atoms with E-state index in [1.807, 2.05) is 72.8 Å². The van der Waals surface area contributed by atoms with Crippen LogP contribution in [0.4, 0.5) is 11.7 Å². The van der Waals surface area contributed by atoms with Crippen molar-refractivity contribution in [2.75, 3.05) is 5.32 Å². The smallest absolute Gasteiger partial charge is 0.299 e. The van der Waals surface area contributed by atoms with E-state index in [0.29, 0.717) is 16.8 Å². The molecule has 5 aromatic rings. The molecule has 0 saturated heterocycles. The Bertz CT molecular complexity index is 1320. The Kier molecular flexibility index (Phi) is 4.79. The van der Waals surface area contributed by atoms with Gasteiger partial charge in [0.25, 0.3) is 6.01 Å². The lowest BCUT2D eigenvalue weighted by molar-refractivity contribution is 0.592. The lowest BCUT2D eigenvalue weighted by Gasteiger charge is -2.02. The zero-order valence-corrected chi connectivity index (χ0v) is 16.6. The Morgan fingerprint density at radius 1 is 0.933 bits per heavy atom. The minimum atomic E-state index is 0.421. The fourth-order valence-corrected chi connectivity index (χ4v) is 3.31. The molecule has 0 aliphatic heterocycles. The number of aromatic amines is 1. The van der Waals surface area contributed by atoms with Crippen molar-refractivity contribution in [1.29, 1.82) is 0 Å². The third-order valence-electron chi connectivity index (χ3n) is 4.71. The quantitative estimate of drug-likeness (QED) is 0.333. The van der Waals surface area contributed by atoms with Gasteiger partial charge in [0.05, 0.1) is 17.4 Å². The maximum Gasteiger partial charge on any atom is 0.299 e. The third-order valence-corrected chi connectivity index (χ3v) is 4.96.